The number of carbonyl (C=O) groups excluding carboxylic acids is 4. The minimum atomic E-state index is -4.80. The summed E-state index contributed by atoms with van der Waals surface area (Å²) in [6.07, 6.45) is -2.93. The number of nitrogen functional groups attached to an aromatic ring is 1. The van der Waals surface area contributed by atoms with Gasteiger partial charge in [-0.05, 0) is 80.8 Å². The number of hydrogen-bond donors (Lipinski definition) is 3. The molecule has 2 aromatic rings. The van der Waals surface area contributed by atoms with Crippen LogP contribution < -0.4 is 16.8 Å². The van der Waals surface area contributed by atoms with E-state index in [2.05, 4.69) is 10.2 Å². The van der Waals surface area contributed by atoms with Crippen LogP contribution >= 0.6 is 11.6 Å². The summed E-state index contributed by atoms with van der Waals surface area (Å²) in [6, 6.07) is 9.53. The minimum absolute atomic E-state index is 0.0420. The number of hydrogen-bond acceptors (Lipinski definition) is 9. The van der Waals surface area contributed by atoms with Gasteiger partial charge in [-0.25, -0.2) is 9.59 Å². The molecule has 0 aliphatic carbocycles. The number of rotatable bonds is 9. The Hall–Kier alpha value is -4.28. The first-order valence-electron chi connectivity index (χ1n) is 19.0. The fraction of sp³-hybridized carbons (Fsp3) is 0.579. The van der Waals surface area contributed by atoms with Crippen LogP contribution in [0.3, 0.4) is 0 Å². The molecule has 4 heterocycles. The first-order chi connectivity index (χ1) is 26.3. The lowest BCUT2D eigenvalue weighted by molar-refractivity contribution is -0.150. The number of esters is 1. The van der Waals surface area contributed by atoms with E-state index >= 15 is 0 Å². The summed E-state index contributed by atoms with van der Waals surface area (Å²) in [5, 5.41) is 2.66. The maximum absolute atomic E-state index is 14.1. The lowest BCUT2D eigenvalue weighted by Gasteiger charge is -2.42. The second kappa shape index (κ2) is 17.7. The van der Waals surface area contributed by atoms with Crippen molar-refractivity contribution in [2.45, 2.75) is 75.7 Å². The monoisotopic (exact) mass is 791 g/mol. The van der Waals surface area contributed by atoms with E-state index in [1.165, 1.54) is 11.0 Å². The van der Waals surface area contributed by atoms with Crippen LogP contribution in [0.15, 0.2) is 36.4 Å². The quantitative estimate of drug-likeness (QED) is 0.240. The van der Waals surface area contributed by atoms with Gasteiger partial charge in [-0.3, -0.25) is 14.5 Å². The smallest absolute Gasteiger partial charge is 0.418 e. The highest BCUT2D eigenvalue weighted by Gasteiger charge is 2.39. The number of likely N-dealkylation sites (tertiary alicyclic amines) is 3. The van der Waals surface area contributed by atoms with Gasteiger partial charge in [-0.1, -0.05) is 29.8 Å². The molecule has 4 amide bonds. The van der Waals surface area contributed by atoms with Gasteiger partial charge in [0.05, 0.1) is 22.2 Å². The lowest BCUT2D eigenvalue weighted by atomic mass is 9.93. The van der Waals surface area contributed by atoms with Crippen LogP contribution in [0.25, 0.3) is 0 Å². The molecule has 0 unspecified atom stereocenters. The summed E-state index contributed by atoms with van der Waals surface area (Å²) >= 11 is 6.13. The standard InChI is InChI=1S/C38H49ClF3N7O6/c39-30-21-24(20-29(33(30)44)38(40,41)42)22-32(34(50)46-14-8-27(9-15-46)48-13-3-5-26(23-48)35(51)54-19-12-43)55-37(53)47-16-10-28(11-17-47)49-18-7-25-4-1-2-6-31(25)45-36(49)52/h1-2,4,6,20-21,26-28,32H,3,5,7-19,22-23,43-44H2,(H,45,52)/t26-,32+/m0/s1. The van der Waals surface area contributed by atoms with Crippen LogP contribution in [0.2, 0.25) is 5.02 Å². The number of nitrogens with two attached hydrogens (primary N) is 2. The van der Waals surface area contributed by atoms with Crippen molar-refractivity contribution in [3.8, 4) is 0 Å². The number of fused-ring (bicyclic) bond motifs is 1. The summed E-state index contributed by atoms with van der Waals surface area (Å²) in [5.41, 5.74) is 11.3. The van der Waals surface area contributed by atoms with Crippen molar-refractivity contribution in [2.75, 3.05) is 70.0 Å². The molecule has 0 bridgehead atoms. The number of urea groups is 1. The maximum atomic E-state index is 14.1. The Bertz CT molecular complexity index is 1720. The molecule has 0 radical (unpaired) electrons. The topological polar surface area (TPSA) is 164 Å². The molecule has 2 atom stereocenters. The van der Waals surface area contributed by atoms with Crippen molar-refractivity contribution in [1.82, 2.24) is 19.6 Å². The lowest BCUT2D eigenvalue weighted by Crippen LogP contribution is -2.53. The molecule has 4 aliphatic heterocycles. The molecular formula is C38H49ClF3N7O6. The van der Waals surface area contributed by atoms with E-state index < -0.39 is 35.5 Å². The Morgan fingerprint density at radius 2 is 1.64 bits per heavy atom. The van der Waals surface area contributed by atoms with E-state index in [-0.39, 0.29) is 73.3 Å². The summed E-state index contributed by atoms with van der Waals surface area (Å²) < 4.78 is 52.8. The first-order valence-corrected chi connectivity index (χ1v) is 19.4. The molecule has 3 saturated heterocycles. The van der Waals surface area contributed by atoms with Crippen molar-refractivity contribution >= 4 is 47.0 Å². The summed E-state index contributed by atoms with van der Waals surface area (Å²) in [4.78, 5) is 60.5. The minimum Gasteiger partial charge on any atom is -0.464 e. The third-order valence-corrected chi connectivity index (χ3v) is 11.5. The van der Waals surface area contributed by atoms with Crippen molar-refractivity contribution in [1.29, 1.82) is 0 Å². The van der Waals surface area contributed by atoms with Crippen LogP contribution in [-0.4, -0.2) is 121 Å². The predicted octanol–water partition coefficient (Wildman–Crippen LogP) is 4.75. The summed E-state index contributed by atoms with van der Waals surface area (Å²) in [5.74, 6) is -1.03. The van der Waals surface area contributed by atoms with Crippen LogP contribution in [-0.2, 0) is 38.1 Å². The molecule has 2 aromatic carbocycles. The van der Waals surface area contributed by atoms with Crippen LogP contribution in [0.5, 0.6) is 0 Å². The third kappa shape index (κ3) is 9.76. The highest BCUT2D eigenvalue weighted by Crippen LogP contribution is 2.38. The van der Waals surface area contributed by atoms with Gasteiger partial charge in [-0.2, -0.15) is 13.2 Å². The number of ether oxygens (including phenoxy) is 2. The van der Waals surface area contributed by atoms with Gasteiger partial charge >= 0.3 is 24.3 Å². The largest absolute Gasteiger partial charge is 0.464 e. The highest BCUT2D eigenvalue weighted by atomic mass is 35.5. The second-order valence-corrected chi connectivity index (χ2v) is 15.1. The van der Waals surface area contributed by atoms with E-state index in [0.29, 0.717) is 58.3 Å². The van der Waals surface area contributed by atoms with E-state index in [9.17, 15) is 32.3 Å². The highest BCUT2D eigenvalue weighted by molar-refractivity contribution is 6.33. The van der Waals surface area contributed by atoms with Gasteiger partial charge in [0.15, 0.2) is 6.10 Å². The number of para-hydroxylation sites is 1. The van der Waals surface area contributed by atoms with Crippen molar-refractivity contribution in [3.63, 3.8) is 0 Å². The number of nitrogens with one attached hydrogen (secondary N) is 1. The Labute approximate surface area is 323 Å². The number of anilines is 2. The zero-order valence-electron chi connectivity index (χ0n) is 30.7. The van der Waals surface area contributed by atoms with Crippen molar-refractivity contribution in [2.24, 2.45) is 11.7 Å². The van der Waals surface area contributed by atoms with Gasteiger partial charge in [0.2, 0.25) is 0 Å². The molecule has 55 heavy (non-hydrogen) atoms. The van der Waals surface area contributed by atoms with Gasteiger partial charge in [-0.15, -0.1) is 0 Å². The van der Waals surface area contributed by atoms with Crippen LogP contribution in [0.4, 0.5) is 34.1 Å². The van der Waals surface area contributed by atoms with Crippen molar-refractivity contribution in [3.05, 3.63) is 58.1 Å². The molecule has 0 aromatic heterocycles. The van der Waals surface area contributed by atoms with E-state index in [0.717, 1.165) is 36.7 Å². The summed E-state index contributed by atoms with van der Waals surface area (Å²) in [6.45, 7) is 3.50. The predicted molar refractivity (Wildman–Crippen MR) is 199 cm³/mol. The average molecular weight is 792 g/mol. The second-order valence-electron chi connectivity index (χ2n) is 14.7. The molecule has 4 aliphatic rings. The Balaban J connectivity index is 1.11. The van der Waals surface area contributed by atoms with Crippen LogP contribution in [0, 0.1) is 5.92 Å². The van der Waals surface area contributed by atoms with Gasteiger partial charge in [0, 0.05) is 70.0 Å². The molecule has 5 N–H and O–H groups in total. The van der Waals surface area contributed by atoms with E-state index in [4.69, 9.17) is 32.5 Å². The van der Waals surface area contributed by atoms with E-state index in [1.54, 1.807) is 9.80 Å². The summed E-state index contributed by atoms with van der Waals surface area (Å²) in [7, 11) is 0. The third-order valence-electron chi connectivity index (χ3n) is 11.2. The van der Waals surface area contributed by atoms with Gasteiger partial charge in [0.25, 0.3) is 5.91 Å². The molecule has 6 rings (SSSR count). The van der Waals surface area contributed by atoms with Crippen LogP contribution in [0.1, 0.15) is 55.2 Å². The first kappa shape index (κ1) is 40.4. The zero-order valence-corrected chi connectivity index (χ0v) is 31.5. The molecule has 13 nitrogen and oxygen atoms in total. The van der Waals surface area contributed by atoms with Crippen molar-refractivity contribution < 1.29 is 41.8 Å². The molecular weight excluding hydrogens is 743 g/mol. The average Bonchev–Trinajstić information content (AvgIpc) is 3.35. The fourth-order valence-corrected chi connectivity index (χ4v) is 8.42. The number of alkyl halides is 3. The van der Waals surface area contributed by atoms with E-state index in [1.807, 2.05) is 24.3 Å². The fourth-order valence-electron chi connectivity index (χ4n) is 8.18. The number of nitrogens with zero attached hydrogens (tertiary/aromatic N) is 4. The number of piperidine rings is 3. The molecule has 300 valence electrons. The molecule has 0 saturated carbocycles. The normalized spacial score (nSPS) is 21.0. The number of carbonyl (C=O) groups is 4. The molecule has 3 fully saturated rings. The number of halogens is 4. The Morgan fingerprint density at radius 3 is 2.35 bits per heavy atom. The number of benzene rings is 2. The molecule has 0 spiro atoms. The number of amides is 4. The Morgan fingerprint density at radius 1 is 0.945 bits per heavy atom. The van der Waals surface area contributed by atoms with Gasteiger partial charge < -0.3 is 41.0 Å². The molecule has 17 heteroatoms. The van der Waals surface area contributed by atoms with Gasteiger partial charge in [0.1, 0.15) is 6.61 Å². The zero-order chi connectivity index (χ0) is 39.3. The maximum Gasteiger partial charge on any atom is 0.418 e. The SMILES string of the molecule is NCCOC(=O)[C@H]1CCCN(C2CCN(C(=O)[C@@H](Cc3cc(Cl)c(N)c(C(F)(F)F)c3)OC(=O)N3CCC(N4CCc5ccccc5NC4=O)CC3)CC2)C1. The Kier molecular flexibility index (Phi) is 13.0.